The summed E-state index contributed by atoms with van der Waals surface area (Å²) in [6.45, 7) is 0. The Morgan fingerprint density at radius 2 is 2.20 bits per heavy atom. The van der Waals surface area contributed by atoms with Gasteiger partial charge in [-0.3, -0.25) is 0 Å². The van der Waals surface area contributed by atoms with E-state index in [0.717, 1.165) is 6.42 Å². The molecule has 0 N–H and O–H groups in total. The summed E-state index contributed by atoms with van der Waals surface area (Å²) in [7, 11) is 0. The van der Waals surface area contributed by atoms with Crippen molar-refractivity contribution < 1.29 is 0 Å². The Kier molecular flexibility index (Phi) is 2.36. The fourth-order valence-corrected chi connectivity index (χ4v) is 1.74. The van der Waals surface area contributed by atoms with Gasteiger partial charge in [0, 0.05) is 5.25 Å². The molecule has 0 spiro atoms. The summed E-state index contributed by atoms with van der Waals surface area (Å²) in [6, 6.07) is 3.94. The van der Waals surface area contributed by atoms with Crippen LogP contribution in [0.4, 0.5) is 0 Å². The fraction of sp³-hybridized carbons (Fsp3) is 0.429. The van der Waals surface area contributed by atoms with Crippen LogP contribution in [0.3, 0.4) is 0 Å². The van der Waals surface area contributed by atoms with Crippen LogP contribution in [0.2, 0.25) is 0 Å². The molecule has 0 radical (unpaired) electrons. The first kappa shape index (κ1) is 7.18. The monoisotopic (exact) mass is 150 g/mol. The molecular weight excluding hydrogens is 144 g/mol. The van der Waals surface area contributed by atoms with Crippen LogP contribution in [0.5, 0.6) is 0 Å². The van der Waals surface area contributed by atoms with Gasteiger partial charge in [0.2, 0.25) is 0 Å². The van der Waals surface area contributed by atoms with E-state index in [1.54, 1.807) is 11.8 Å². The highest BCUT2D eigenvalue weighted by Gasteiger charge is 2.21. The zero-order valence-corrected chi connectivity index (χ0v) is 6.14. The van der Waals surface area contributed by atoms with E-state index >= 15 is 0 Å². The van der Waals surface area contributed by atoms with Gasteiger partial charge in [-0.05, 0) is 11.8 Å². The molecule has 1 aliphatic heterocycles. The highest BCUT2D eigenvalue weighted by molar-refractivity contribution is 8.03. The van der Waals surface area contributed by atoms with Gasteiger partial charge in [-0.2, -0.15) is 10.5 Å². The standard InChI is InChI=1S/C7H6N2S/c8-4-6(5-9)7-2-1-3-10-7/h1,3,6-7H,2H2. The highest BCUT2D eigenvalue weighted by atomic mass is 32.2. The van der Waals surface area contributed by atoms with E-state index in [1.807, 2.05) is 23.6 Å². The lowest BCUT2D eigenvalue weighted by atomic mass is 10.1. The summed E-state index contributed by atoms with van der Waals surface area (Å²) in [5.74, 6) is -0.444. The van der Waals surface area contributed by atoms with E-state index in [-0.39, 0.29) is 5.25 Å². The Balaban J connectivity index is 2.51. The molecule has 0 saturated heterocycles. The molecule has 0 amide bonds. The van der Waals surface area contributed by atoms with Crippen LogP contribution in [0.15, 0.2) is 11.5 Å². The van der Waals surface area contributed by atoms with E-state index in [1.165, 1.54) is 0 Å². The first-order valence-electron chi connectivity index (χ1n) is 2.98. The van der Waals surface area contributed by atoms with Crippen LogP contribution in [0, 0.1) is 28.6 Å². The maximum Gasteiger partial charge on any atom is 0.145 e. The lowest BCUT2D eigenvalue weighted by Crippen LogP contribution is -2.09. The molecular formula is C7H6N2S. The molecule has 50 valence electrons. The quantitative estimate of drug-likeness (QED) is 0.571. The van der Waals surface area contributed by atoms with E-state index in [9.17, 15) is 0 Å². The summed E-state index contributed by atoms with van der Waals surface area (Å²) in [5.41, 5.74) is 0. The highest BCUT2D eigenvalue weighted by Crippen LogP contribution is 2.29. The summed E-state index contributed by atoms with van der Waals surface area (Å²) < 4.78 is 0. The normalized spacial score (nSPS) is 22.5. The lowest BCUT2D eigenvalue weighted by Gasteiger charge is -2.05. The number of hydrogen-bond donors (Lipinski definition) is 0. The van der Waals surface area contributed by atoms with Crippen LogP contribution in [-0.4, -0.2) is 5.25 Å². The molecule has 0 saturated carbocycles. The molecule has 1 rings (SSSR count). The third-order valence-corrected chi connectivity index (χ3v) is 2.53. The summed E-state index contributed by atoms with van der Waals surface area (Å²) >= 11 is 1.57. The van der Waals surface area contributed by atoms with Gasteiger partial charge in [-0.15, -0.1) is 11.8 Å². The number of hydrogen-bond acceptors (Lipinski definition) is 3. The number of thioether (sulfide) groups is 1. The second kappa shape index (κ2) is 3.29. The van der Waals surface area contributed by atoms with Crippen LogP contribution in [-0.2, 0) is 0 Å². The van der Waals surface area contributed by atoms with Crippen molar-refractivity contribution >= 4 is 11.8 Å². The smallest absolute Gasteiger partial charge is 0.145 e. The van der Waals surface area contributed by atoms with Crippen molar-refractivity contribution in [3.63, 3.8) is 0 Å². The van der Waals surface area contributed by atoms with Gasteiger partial charge >= 0.3 is 0 Å². The van der Waals surface area contributed by atoms with Gasteiger partial charge in [0.25, 0.3) is 0 Å². The number of rotatable bonds is 1. The number of allylic oxidation sites excluding steroid dienone is 1. The molecule has 1 atom stereocenters. The minimum atomic E-state index is -0.444. The Labute approximate surface area is 64.1 Å². The van der Waals surface area contributed by atoms with Crippen molar-refractivity contribution in [2.24, 2.45) is 5.92 Å². The summed E-state index contributed by atoms with van der Waals surface area (Å²) in [4.78, 5) is 0. The molecule has 10 heavy (non-hydrogen) atoms. The summed E-state index contributed by atoms with van der Waals surface area (Å²) in [6.07, 6.45) is 2.85. The molecule has 2 nitrogen and oxygen atoms in total. The average molecular weight is 150 g/mol. The third-order valence-electron chi connectivity index (χ3n) is 1.37. The topological polar surface area (TPSA) is 47.6 Å². The Morgan fingerprint density at radius 3 is 2.60 bits per heavy atom. The Hall–Kier alpha value is -0.930. The van der Waals surface area contributed by atoms with E-state index in [2.05, 4.69) is 0 Å². The van der Waals surface area contributed by atoms with Crippen molar-refractivity contribution in [2.45, 2.75) is 11.7 Å². The first-order valence-corrected chi connectivity index (χ1v) is 3.92. The van der Waals surface area contributed by atoms with Crippen LogP contribution < -0.4 is 0 Å². The molecule has 1 aliphatic rings. The van der Waals surface area contributed by atoms with Crippen molar-refractivity contribution in [3.8, 4) is 12.1 Å². The predicted molar refractivity (Wildman–Crippen MR) is 39.9 cm³/mol. The van der Waals surface area contributed by atoms with E-state index < -0.39 is 5.92 Å². The molecule has 1 heterocycles. The summed E-state index contributed by atoms with van der Waals surface area (Å²) in [5, 5.41) is 19.1. The van der Waals surface area contributed by atoms with Gasteiger partial charge in [0.05, 0.1) is 12.1 Å². The van der Waals surface area contributed by atoms with Gasteiger partial charge in [-0.25, -0.2) is 0 Å². The minimum Gasteiger partial charge on any atom is -0.197 e. The second-order valence-corrected chi connectivity index (χ2v) is 3.17. The molecule has 0 aliphatic carbocycles. The molecule has 0 bridgehead atoms. The number of nitriles is 2. The predicted octanol–water partition coefficient (Wildman–Crippen LogP) is 1.67. The molecule has 0 aromatic heterocycles. The van der Waals surface area contributed by atoms with Crippen LogP contribution in [0.25, 0.3) is 0 Å². The fourth-order valence-electron chi connectivity index (χ4n) is 0.811. The molecule has 1 unspecified atom stereocenters. The van der Waals surface area contributed by atoms with Crippen molar-refractivity contribution in [3.05, 3.63) is 11.5 Å². The van der Waals surface area contributed by atoms with Crippen molar-refractivity contribution in [1.82, 2.24) is 0 Å². The van der Waals surface area contributed by atoms with Gasteiger partial charge < -0.3 is 0 Å². The van der Waals surface area contributed by atoms with Crippen LogP contribution >= 0.6 is 11.8 Å². The maximum atomic E-state index is 8.47. The maximum absolute atomic E-state index is 8.47. The van der Waals surface area contributed by atoms with Crippen molar-refractivity contribution in [1.29, 1.82) is 10.5 Å². The second-order valence-electron chi connectivity index (χ2n) is 2.02. The molecule has 0 aromatic rings. The lowest BCUT2D eigenvalue weighted by molar-refractivity contribution is 0.777. The first-order chi connectivity index (χ1) is 4.88. The zero-order valence-electron chi connectivity index (χ0n) is 5.32. The van der Waals surface area contributed by atoms with Gasteiger partial charge in [0.15, 0.2) is 0 Å². The van der Waals surface area contributed by atoms with E-state index in [4.69, 9.17) is 10.5 Å². The number of nitrogens with zero attached hydrogens (tertiary/aromatic N) is 2. The Morgan fingerprint density at radius 1 is 1.50 bits per heavy atom. The Bertz CT molecular complexity index is 199. The molecule has 0 fully saturated rings. The SMILES string of the molecule is N#CC(C#N)C1CC=CS1. The molecule has 0 aromatic carbocycles. The zero-order chi connectivity index (χ0) is 7.40. The average Bonchev–Trinajstić information content (AvgIpc) is 2.43. The molecule has 3 heteroatoms. The van der Waals surface area contributed by atoms with Gasteiger partial charge in [-0.1, -0.05) is 6.08 Å². The minimum absolute atomic E-state index is 0.176. The third kappa shape index (κ3) is 1.32. The van der Waals surface area contributed by atoms with Crippen LogP contribution in [0.1, 0.15) is 6.42 Å². The van der Waals surface area contributed by atoms with Crippen molar-refractivity contribution in [2.75, 3.05) is 0 Å². The van der Waals surface area contributed by atoms with Gasteiger partial charge in [0.1, 0.15) is 5.92 Å². The largest absolute Gasteiger partial charge is 0.197 e. The van der Waals surface area contributed by atoms with E-state index in [0.29, 0.717) is 0 Å².